The Bertz CT molecular complexity index is 742. The normalized spacial score (nSPS) is 12.9. The number of benzene rings is 1. The lowest BCUT2D eigenvalue weighted by atomic mass is 10.1. The Labute approximate surface area is 123 Å². The van der Waals surface area contributed by atoms with Crippen molar-refractivity contribution in [3.63, 3.8) is 0 Å². The van der Waals surface area contributed by atoms with Crippen molar-refractivity contribution >= 4 is 15.5 Å². The van der Waals surface area contributed by atoms with Gasteiger partial charge in [0.15, 0.2) is 14.9 Å². The fourth-order valence-corrected chi connectivity index (χ4v) is 2.47. The predicted octanol–water partition coefficient (Wildman–Crippen LogP) is 2.07. The Balaban J connectivity index is 2.18. The van der Waals surface area contributed by atoms with Crippen LogP contribution in [0.2, 0.25) is 0 Å². The maximum absolute atomic E-state index is 11.3. The fraction of sp³-hybridized carbons (Fsp3) is 0.214. The molecule has 3 N–H and O–H groups in total. The first-order chi connectivity index (χ1) is 9.77. The molecule has 2 aromatic rings. The molecule has 1 aromatic carbocycles. The van der Waals surface area contributed by atoms with E-state index in [9.17, 15) is 18.6 Å². The van der Waals surface area contributed by atoms with Crippen LogP contribution in [0.15, 0.2) is 41.6 Å². The Kier molecular flexibility index (Phi) is 4.04. The molecule has 1 unspecified atom stereocenters. The molecule has 6 nitrogen and oxygen atoms in total. The quantitative estimate of drug-likeness (QED) is 0.799. The summed E-state index contributed by atoms with van der Waals surface area (Å²) in [5.74, 6) is -0.0293. The van der Waals surface area contributed by atoms with E-state index in [2.05, 4.69) is 10.3 Å². The zero-order chi connectivity index (χ0) is 15.6. The lowest BCUT2D eigenvalue weighted by molar-refractivity contribution is 0.444. The average Bonchev–Trinajstić information content (AvgIpc) is 2.38. The zero-order valence-corrected chi connectivity index (χ0v) is 12.4. The highest BCUT2D eigenvalue weighted by atomic mass is 32.2. The minimum Gasteiger partial charge on any atom is -0.508 e. The molecule has 21 heavy (non-hydrogen) atoms. The van der Waals surface area contributed by atoms with Gasteiger partial charge < -0.3 is 15.5 Å². The van der Waals surface area contributed by atoms with Crippen LogP contribution in [0.25, 0.3) is 0 Å². The first-order valence-electron chi connectivity index (χ1n) is 6.22. The Morgan fingerprint density at radius 3 is 2.43 bits per heavy atom. The molecule has 1 heterocycles. The van der Waals surface area contributed by atoms with Crippen molar-refractivity contribution in [1.82, 2.24) is 4.98 Å². The Morgan fingerprint density at radius 1 is 1.19 bits per heavy atom. The van der Waals surface area contributed by atoms with E-state index in [1.54, 1.807) is 12.1 Å². The number of hydrogen-bond acceptors (Lipinski definition) is 6. The van der Waals surface area contributed by atoms with Crippen LogP contribution in [0.4, 0.5) is 5.69 Å². The van der Waals surface area contributed by atoms with Crippen molar-refractivity contribution < 1.29 is 18.6 Å². The molecule has 1 atom stereocenters. The highest BCUT2D eigenvalue weighted by molar-refractivity contribution is 7.90. The fourth-order valence-electron chi connectivity index (χ4n) is 1.91. The number of nitrogens with one attached hydrogen (secondary N) is 1. The van der Waals surface area contributed by atoms with Gasteiger partial charge in [0, 0.05) is 17.9 Å². The third-order valence-corrected chi connectivity index (χ3v) is 3.98. The molecule has 0 aliphatic heterocycles. The second-order valence-corrected chi connectivity index (χ2v) is 6.73. The third kappa shape index (κ3) is 3.63. The van der Waals surface area contributed by atoms with Crippen molar-refractivity contribution in [3.05, 3.63) is 42.1 Å². The van der Waals surface area contributed by atoms with Gasteiger partial charge >= 0.3 is 0 Å². The van der Waals surface area contributed by atoms with Crippen LogP contribution in [0.5, 0.6) is 11.5 Å². The van der Waals surface area contributed by atoms with Crippen LogP contribution >= 0.6 is 0 Å². The van der Waals surface area contributed by atoms with E-state index in [0.29, 0.717) is 11.3 Å². The van der Waals surface area contributed by atoms with Crippen LogP contribution in [0.1, 0.15) is 18.5 Å². The summed E-state index contributed by atoms with van der Waals surface area (Å²) < 4.78 is 22.6. The SMILES string of the molecule is CC(Nc1ccc(S(C)(=O)=O)nc1)c1ccc(O)cc1O. The number of phenols is 2. The molecule has 112 valence electrons. The number of aromatic nitrogens is 1. The van der Waals surface area contributed by atoms with E-state index in [1.165, 1.54) is 24.4 Å². The number of pyridine rings is 1. The zero-order valence-electron chi connectivity index (χ0n) is 11.6. The van der Waals surface area contributed by atoms with Gasteiger partial charge in [0.05, 0.1) is 17.9 Å². The molecule has 0 aliphatic rings. The molecule has 0 saturated carbocycles. The summed E-state index contributed by atoms with van der Waals surface area (Å²) in [6.07, 6.45) is 2.52. The van der Waals surface area contributed by atoms with Crippen LogP contribution in [0.3, 0.4) is 0 Å². The summed E-state index contributed by atoms with van der Waals surface area (Å²) in [4.78, 5) is 3.88. The molecule has 2 rings (SSSR count). The van der Waals surface area contributed by atoms with Crippen LogP contribution in [-0.4, -0.2) is 29.9 Å². The van der Waals surface area contributed by atoms with Gasteiger partial charge in [0.2, 0.25) is 0 Å². The van der Waals surface area contributed by atoms with E-state index >= 15 is 0 Å². The van der Waals surface area contributed by atoms with Crippen molar-refractivity contribution in [2.75, 3.05) is 11.6 Å². The van der Waals surface area contributed by atoms with Crippen LogP contribution < -0.4 is 5.32 Å². The summed E-state index contributed by atoms with van der Waals surface area (Å²) in [5.41, 5.74) is 1.24. The molecule has 1 aromatic heterocycles. The molecule has 0 spiro atoms. The number of sulfone groups is 1. The predicted molar refractivity (Wildman–Crippen MR) is 79.2 cm³/mol. The van der Waals surface area contributed by atoms with Gasteiger partial charge in [-0.3, -0.25) is 0 Å². The summed E-state index contributed by atoms with van der Waals surface area (Å²) >= 11 is 0. The molecule has 0 radical (unpaired) electrons. The average molecular weight is 308 g/mol. The first kappa shape index (κ1) is 15.1. The number of anilines is 1. The topological polar surface area (TPSA) is 99.5 Å². The lowest BCUT2D eigenvalue weighted by Gasteiger charge is -2.17. The van der Waals surface area contributed by atoms with Crippen molar-refractivity contribution in [1.29, 1.82) is 0 Å². The number of aromatic hydroxyl groups is 2. The summed E-state index contributed by atoms with van der Waals surface area (Å²) in [5, 5.41) is 22.2. The van der Waals surface area contributed by atoms with Gasteiger partial charge in [-0.25, -0.2) is 13.4 Å². The molecule has 0 aliphatic carbocycles. The minimum atomic E-state index is -3.32. The maximum Gasteiger partial charge on any atom is 0.192 e. The largest absolute Gasteiger partial charge is 0.508 e. The smallest absolute Gasteiger partial charge is 0.192 e. The lowest BCUT2D eigenvalue weighted by Crippen LogP contribution is -2.08. The van der Waals surface area contributed by atoms with Gasteiger partial charge in [0.25, 0.3) is 0 Å². The Hall–Kier alpha value is -2.28. The minimum absolute atomic E-state index is 0.00758. The summed E-state index contributed by atoms with van der Waals surface area (Å²) in [6.45, 7) is 1.83. The highest BCUT2D eigenvalue weighted by Crippen LogP contribution is 2.29. The van der Waals surface area contributed by atoms with Crippen molar-refractivity contribution in [2.45, 2.75) is 18.0 Å². The van der Waals surface area contributed by atoms with Gasteiger partial charge in [-0.15, -0.1) is 0 Å². The molecule has 0 fully saturated rings. The maximum atomic E-state index is 11.3. The number of hydrogen-bond donors (Lipinski definition) is 3. The monoisotopic (exact) mass is 308 g/mol. The van der Waals surface area contributed by atoms with E-state index in [4.69, 9.17) is 0 Å². The van der Waals surface area contributed by atoms with Gasteiger partial charge in [-0.2, -0.15) is 0 Å². The first-order valence-corrected chi connectivity index (χ1v) is 8.11. The standard InChI is InChI=1S/C14H16N2O4S/c1-9(12-5-4-11(17)7-13(12)18)16-10-3-6-14(15-8-10)21(2,19)20/h3-9,16-18H,1-2H3. The van der Waals surface area contributed by atoms with Gasteiger partial charge in [-0.1, -0.05) is 0 Å². The number of phenolic OH excluding ortho intramolecular Hbond substituents is 2. The van der Waals surface area contributed by atoms with Crippen molar-refractivity contribution in [2.24, 2.45) is 0 Å². The molecule has 0 amide bonds. The van der Waals surface area contributed by atoms with Crippen LogP contribution in [0, 0.1) is 0 Å². The summed E-state index contributed by atoms with van der Waals surface area (Å²) in [6, 6.07) is 7.15. The number of rotatable bonds is 4. The molecule has 0 bridgehead atoms. The third-order valence-electron chi connectivity index (χ3n) is 2.98. The van der Waals surface area contributed by atoms with Gasteiger partial charge in [0.1, 0.15) is 11.5 Å². The molecule has 0 saturated heterocycles. The van der Waals surface area contributed by atoms with Gasteiger partial charge in [-0.05, 0) is 31.2 Å². The molecular weight excluding hydrogens is 292 g/mol. The summed E-state index contributed by atoms with van der Waals surface area (Å²) in [7, 11) is -3.32. The van der Waals surface area contributed by atoms with E-state index < -0.39 is 9.84 Å². The van der Waals surface area contributed by atoms with E-state index in [-0.39, 0.29) is 22.6 Å². The molecular formula is C14H16N2O4S. The van der Waals surface area contributed by atoms with E-state index in [1.807, 2.05) is 6.92 Å². The second kappa shape index (κ2) is 5.61. The van der Waals surface area contributed by atoms with Crippen molar-refractivity contribution in [3.8, 4) is 11.5 Å². The highest BCUT2D eigenvalue weighted by Gasteiger charge is 2.12. The van der Waals surface area contributed by atoms with E-state index in [0.717, 1.165) is 6.26 Å². The second-order valence-electron chi connectivity index (χ2n) is 4.77. The van der Waals surface area contributed by atoms with Crippen LogP contribution in [-0.2, 0) is 9.84 Å². The Morgan fingerprint density at radius 2 is 1.90 bits per heavy atom. The number of nitrogens with zero attached hydrogens (tertiary/aromatic N) is 1. The molecule has 7 heteroatoms.